The summed E-state index contributed by atoms with van der Waals surface area (Å²) in [4.78, 5) is 14.6. The lowest BCUT2D eigenvalue weighted by Gasteiger charge is -2.21. The van der Waals surface area contributed by atoms with Crippen LogP contribution in [0.1, 0.15) is 18.1 Å². The molecule has 23 heavy (non-hydrogen) atoms. The van der Waals surface area contributed by atoms with Gasteiger partial charge in [0.1, 0.15) is 5.82 Å². The zero-order valence-corrected chi connectivity index (χ0v) is 12.6. The molecule has 8 heteroatoms. The van der Waals surface area contributed by atoms with E-state index in [9.17, 15) is 27.5 Å². The van der Waals surface area contributed by atoms with Crippen molar-refractivity contribution in [3.05, 3.63) is 35.1 Å². The SMILES string of the molecule is CC(=O)N1CCN(Cc2ccc(F)c(C(F)(F)F)c2)C[C@@H](O)C1. The third kappa shape index (κ3) is 4.65. The molecule has 1 heterocycles. The van der Waals surface area contributed by atoms with Gasteiger partial charge < -0.3 is 10.0 Å². The Kier molecular flexibility index (Phi) is 5.26. The molecule has 1 aliphatic rings. The average Bonchev–Trinajstić information content (AvgIpc) is 2.61. The van der Waals surface area contributed by atoms with Crippen molar-refractivity contribution in [3.8, 4) is 0 Å². The van der Waals surface area contributed by atoms with Gasteiger partial charge in [0, 0.05) is 39.6 Å². The first-order valence-electron chi connectivity index (χ1n) is 7.18. The van der Waals surface area contributed by atoms with Crippen molar-refractivity contribution in [1.29, 1.82) is 0 Å². The highest BCUT2D eigenvalue weighted by Crippen LogP contribution is 2.32. The molecule has 1 aromatic carbocycles. The van der Waals surface area contributed by atoms with Crippen molar-refractivity contribution < 1.29 is 27.5 Å². The Bertz CT molecular complexity index is 577. The molecule has 1 amide bonds. The standard InChI is InChI=1S/C15H18F4N2O2/c1-10(22)21-5-4-20(8-12(23)9-21)7-11-2-3-14(16)13(6-11)15(17,18)19/h2-3,6,12,23H,4-5,7-9H2,1H3/t12-/m1/s1. The van der Waals surface area contributed by atoms with E-state index in [-0.39, 0.29) is 25.5 Å². The van der Waals surface area contributed by atoms with Gasteiger partial charge in [-0.15, -0.1) is 0 Å². The van der Waals surface area contributed by atoms with Gasteiger partial charge in [-0.1, -0.05) is 6.07 Å². The minimum absolute atomic E-state index is 0.145. The van der Waals surface area contributed by atoms with E-state index in [0.717, 1.165) is 12.1 Å². The fraction of sp³-hybridized carbons (Fsp3) is 0.533. The highest BCUT2D eigenvalue weighted by molar-refractivity contribution is 5.73. The molecule has 0 radical (unpaired) electrons. The summed E-state index contributed by atoms with van der Waals surface area (Å²) < 4.78 is 51.5. The van der Waals surface area contributed by atoms with E-state index in [4.69, 9.17) is 0 Å². The van der Waals surface area contributed by atoms with Crippen molar-refractivity contribution in [1.82, 2.24) is 9.80 Å². The zero-order valence-electron chi connectivity index (χ0n) is 12.6. The van der Waals surface area contributed by atoms with Crippen LogP contribution in [0.15, 0.2) is 18.2 Å². The predicted molar refractivity (Wildman–Crippen MR) is 74.9 cm³/mol. The van der Waals surface area contributed by atoms with Gasteiger partial charge in [-0.05, 0) is 17.7 Å². The Balaban J connectivity index is 2.11. The summed E-state index contributed by atoms with van der Waals surface area (Å²) in [5.41, 5.74) is -0.988. The highest BCUT2D eigenvalue weighted by Gasteiger charge is 2.34. The Hall–Kier alpha value is -1.67. The van der Waals surface area contributed by atoms with Crippen molar-refractivity contribution in [2.75, 3.05) is 26.2 Å². The smallest absolute Gasteiger partial charge is 0.390 e. The Morgan fingerprint density at radius 2 is 2.00 bits per heavy atom. The number of β-amino-alcohol motifs (C(OH)–C–C–N with tert-alkyl or cyclic N) is 1. The molecule has 2 rings (SSSR count). The fourth-order valence-corrected chi connectivity index (χ4v) is 2.63. The molecule has 4 nitrogen and oxygen atoms in total. The summed E-state index contributed by atoms with van der Waals surface area (Å²) in [5, 5.41) is 9.91. The van der Waals surface area contributed by atoms with E-state index in [0.29, 0.717) is 18.7 Å². The summed E-state index contributed by atoms with van der Waals surface area (Å²) in [6, 6.07) is 2.88. The van der Waals surface area contributed by atoms with Gasteiger partial charge in [0.05, 0.1) is 11.7 Å². The third-order valence-electron chi connectivity index (χ3n) is 3.77. The minimum atomic E-state index is -4.75. The van der Waals surface area contributed by atoms with Crippen molar-refractivity contribution in [2.45, 2.75) is 25.7 Å². The van der Waals surface area contributed by atoms with Crippen molar-refractivity contribution in [2.24, 2.45) is 0 Å². The topological polar surface area (TPSA) is 43.8 Å². The molecule has 1 aromatic rings. The van der Waals surface area contributed by atoms with Crippen LogP contribution in [0, 0.1) is 5.82 Å². The number of carbonyl (C=O) groups excluding carboxylic acids is 1. The lowest BCUT2D eigenvalue weighted by Crippen LogP contribution is -2.36. The van der Waals surface area contributed by atoms with Gasteiger partial charge in [0.25, 0.3) is 0 Å². The largest absolute Gasteiger partial charge is 0.419 e. The number of rotatable bonds is 2. The van der Waals surface area contributed by atoms with E-state index >= 15 is 0 Å². The van der Waals surface area contributed by atoms with Crippen LogP contribution in [0.5, 0.6) is 0 Å². The fourth-order valence-electron chi connectivity index (χ4n) is 2.63. The molecular formula is C15H18F4N2O2. The maximum absolute atomic E-state index is 13.3. The number of aliphatic hydroxyl groups is 1. The second-order valence-corrected chi connectivity index (χ2v) is 5.67. The van der Waals surface area contributed by atoms with Crippen LogP contribution in [0.4, 0.5) is 17.6 Å². The van der Waals surface area contributed by atoms with Gasteiger partial charge in [-0.25, -0.2) is 4.39 Å². The minimum Gasteiger partial charge on any atom is -0.390 e. The predicted octanol–water partition coefficient (Wildman–Crippen LogP) is 1.87. The number of carbonyl (C=O) groups is 1. The number of hydrogen-bond acceptors (Lipinski definition) is 3. The summed E-state index contributed by atoms with van der Waals surface area (Å²) in [7, 11) is 0. The highest BCUT2D eigenvalue weighted by atomic mass is 19.4. The maximum atomic E-state index is 13.3. The first-order valence-corrected chi connectivity index (χ1v) is 7.18. The lowest BCUT2D eigenvalue weighted by molar-refractivity contribution is -0.140. The number of hydrogen-bond donors (Lipinski definition) is 1. The van der Waals surface area contributed by atoms with Crippen LogP contribution in [-0.2, 0) is 17.5 Å². The van der Waals surface area contributed by atoms with Crippen LogP contribution in [-0.4, -0.2) is 53.1 Å². The van der Waals surface area contributed by atoms with Crippen LogP contribution < -0.4 is 0 Å². The van der Waals surface area contributed by atoms with Gasteiger partial charge in [0.15, 0.2) is 0 Å². The first-order chi connectivity index (χ1) is 10.7. The maximum Gasteiger partial charge on any atom is 0.419 e. The quantitative estimate of drug-likeness (QED) is 0.840. The first kappa shape index (κ1) is 17.7. The van der Waals surface area contributed by atoms with E-state index in [1.165, 1.54) is 17.9 Å². The molecule has 1 saturated heterocycles. The number of alkyl halides is 3. The van der Waals surface area contributed by atoms with Crippen molar-refractivity contribution in [3.63, 3.8) is 0 Å². The molecule has 128 valence electrons. The Morgan fingerprint density at radius 1 is 1.30 bits per heavy atom. The van der Waals surface area contributed by atoms with E-state index in [2.05, 4.69) is 0 Å². The van der Waals surface area contributed by atoms with Crippen LogP contribution in [0.25, 0.3) is 0 Å². The molecule has 1 N–H and O–H groups in total. The van der Waals surface area contributed by atoms with E-state index in [1.807, 2.05) is 0 Å². The molecule has 1 fully saturated rings. The summed E-state index contributed by atoms with van der Waals surface area (Å²) in [5.74, 6) is -1.47. The molecular weight excluding hydrogens is 316 g/mol. The molecule has 0 unspecified atom stereocenters. The van der Waals surface area contributed by atoms with Crippen molar-refractivity contribution >= 4 is 5.91 Å². The Labute approximate surface area is 131 Å². The molecule has 0 bridgehead atoms. The number of aliphatic hydroxyl groups excluding tert-OH is 1. The molecule has 0 spiro atoms. The second kappa shape index (κ2) is 6.84. The van der Waals surface area contributed by atoms with E-state index in [1.54, 1.807) is 4.90 Å². The van der Waals surface area contributed by atoms with Crippen LogP contribution >= 0.6 is 0 Å². The van der Waals surface area contributed by atoms with Crippen LogP contribution in [0.2, 0.25) is 0 Å². The van der Waals surface area contributed by atoms with Gasteiger partial charge in [-0.2, -0.15) is 13.2 Å². The number of amides is 1. The lowest BCUT2D eigenvalue weighted by atomic mass is 10.1. The zero-order chi connectivity index (χ0) is 17.2. The van der Waals surface area contributed by atoms with Crippen LogP contribution in [0.3, 0.4) is 0 Å². The molecule has 0 aliphatic carbocycles. The van der Waals surface area contributed by atoms with E-state index < -0.39 is 23.7 Å². The van der Waals surface area contributed by atoms with Gasteiger partial charge in [-0.3, -0.25) is 9.69 Å². The van der Waals surface area contributed by atoms with Gasteiger partial charge >= 0.3 is 6.18 Å². The molecule has 0 saturated carbocycles. The second-order valence-electron chi connectivity index (χ2n) is 5.67. The molecule has 1 atom stereocenters. The molecule has 1 aliphatic heterocycles. The van der Waals surface area contributed by atoms with Gasteiger partial charge in [0.2, 0.25) is 5.91 Å². The number of halogens is 4. The average molecular weight is 334 g/mol. The number of nitrogens with zero attached hydrogens (tertiary/aromatic N) is 2. The summed E-state index contributed by atoms with van der Waals surface area (Å²) in [6.07, 6.45) is -5.52. The Morgan fingerprint density at radius 3 is 2.61 bits per heavy atom. The number of benzene rings is 1. The normalized spacial score (nSPS) is 20.4. The third-order valence-corrected chi connectivity index (χ3v) is 3.77. The molecule has 0 aromatic heterocycles. The summed E-state index contributed by atoms with van der Waals surface area (Å²) >= 11 is 0. The summed E-state index contributed by atoms with van der Waals surface area (Å²) in [6.45, 7) is 2.80. The monoisotopic (exact) mass is 334 g/mol.